The molecule has 0 aliphatic heterocycles. The van der Waals surface area contributed by atoms with Crippen molar-refractivity contribution in [3.63, 3.8) is 0 Å². The molecule has 1 rings (SSSR count). The number of carbonyl (C=O) groups is 1. The van der Waals surface area contributed by atoms with E-state index in [0.717, 1.165) is 17.7 Å². The molecule has 0 aromatic heterocycles. The first-order valence-corrected chi connectivity index (χ1v) is 4.75. The minimum Gasteiger partial charge on any atom is -0.322 e. The predicted octanol–water partition coefficient (Wildman–Crippen LogP) is 1.17. The second-order valence-corrected chi connectivity index (χ2v) is 3.14. The zero-order valence-electron chi connectivity index (χ0n) is 8.66. The van der Waals surface area contributed by atoms with Crippen LogP contribution in [0.5, 0.6) is 0 Å². The number of rotatable bonds is 3. The molecule has 1 aromatic carbocycles. The maximum absolute atomic E-state index is 11.4. The van der Waals surface area contributed by atoms with Gasteiger partial charge in [0.2, 0.25) is 5.91 Å². The van der Waals surface area contributed by atoms with Crippen LogP contribution in [0.15, 0.2) is 24.3 Å². The zero-order chi connectivity index (χ0) is 10.6. The number of hydrogen-bond acceptors (Lipinski definition) is 2. The molecule has 14 heavy (non-hydrogen) atoms. The zero-order valence-corrected chi connectivity index (χ0v) is 8.66. The lowest BCUT2D eigenvalue weighted by Gasteiger charge is -2.19. The number of para-hydroxylation sites is 1. The number of nitrogens with zero attached hydrogens (tertiary/aromatic N) is 1. The van der Waals surface area contributed by atoms with Crippen LogP contribution < -0.4 is 10.6 Å². The number of aryl methyl sites for hydroxylation is 1. The van der Waals surface area contributed by atoms with Gasteiger partial charge in [0.15, 0.2) is 0 Å². The summed E-state index contributed by atoms with van der Waals surface area (Å²) in [5, 5.41) is 0. The second kappa shape index (κ2) is 4.77. The quantitative estimate of drug-likeness (QED) is 0.781. The van der Waals surface area contributed by atoms with Crippen LogP contribution in [0.1, 0.15) is 12.5 Å². The summed E-state index contributed by atoms with van der Waals surface area (Å²) in [7, 11) is 1.75. The average Bonchev–Trinajstić information content (AvgIpc) is 2.26. The van der Waals surface area contributed by atoms with E-state index in [0.29, 0.717) is 0 Å². The highest BCUT2D eigenvalue weighted by molar-refractivity contribution is 5.94. The molecule has 0 aliphatic carbocycles. The van der Waals surface area contributed by atoms with Crippen molar-refractivity contribution in [2.45, 2.75) is 13.3 Å². The van der Waals surface area contributed by atoms with Crippen LogP contribution in [0.2, 0.25) is 0 Å². The van der Waals surface area contributed by atoms with E-state index in [9.17, 15) is 4.79 Å². The van der Waals surface area contributed by atoms with Gasteiger partial charge in [-0.2, -0.15) is 0 Å². The van der Waals surface area contributed by atoms with E-state index < -0.39 is 0 Å². The second-order valence-electron chi connectivity index (χ2n) is 3.14. The van der Waals surface area contributed by atoms with E-state index in [-0.39, 0.29) is 12.5 Å². The number of benzene rings is 1. The monoisotopic (exact) mass is 192 g/mol. The number of anilines is 1. The Morgan fingerprint density at radius 1 is 1.43 bits per heavy atom. The smallest absolute Gasteiger partial charge is 0.240 e. The third kappa shape index (κ3) is 2.12. The number of amides is 1. The first-order valence-electron chi connectivity index (χ1n) is 4.75. The first-order chi connectivity index (χ1) is 6.70. The summed E-state index contributed by atoms with van der Waals surface area (Å²) in [6, 6.07) is 7.86. The number of hydrogen-bond donors (Lipinski definition) is 1. The van der Waals surface area contributed by atoms with E-state index >= 15 is 0 Å². The van der Waals surface area contributed by atoms with Gasteiger partial charge in [0.1, 0.15) is 0 Å². The van der Waals surface area contributed by atoms with Crippen molar-refractivity contribution in [3.05, 3.63) is 29.8 Å². The van der Waals surface area contributed by atoms with E-state index in [1.165, 1.54) is 0 Å². The molecule has 0 aliphatic rings. The van der Waals surface area contributed by atoms with Crippen LogP contribution >= 0.6 is 0 Å². The molecule has 76 valence electrons. The third-order valence-corrected chi connectivity index (χ3v) is 2.28. The minimum atomic E-state index is -0.0640. The van der Waals surface area contributed by atoms with E-state index in [1.807, 2.05) is 24.3 Å². The Kier molecular flexibility index (Phi) is 3.65. The highest BCUT2D eigenvalue weighted by Crippen LogP contribution is 2.19. The Balaban J connectivity index is 2.99. The average molecular weight is 192 g/mol. The van der Waals surface area contributed by atoms with Crippen LogP contribution in [0.4, 0.5) is 5.69 Å². The molecule has 1 aromatic rings. The fourth-order valence-electron chi connectivity index (χ4n) is 1.41. The van der Waals surface area contributed by atoms with Crippen LogP contribution in [-0.4, -0.2) is 19.5 Å². The Morgan fingerprint density at radius 3 is 2.64 bits per heavy atom. The maximum atomic E-state index is 11.4. The Morgan fingerprint density at radius 2 is 2.07 bits per heavy atom. The minimum absolute atomic E-state index is 0.0501. The van der Waals surface area contributed by atoms with Gasteiger partial charge in [-0.15, -0.1) is 0 Å². The van der Waals surface area contributed by atoms with Crippen molar-refractivity contribution in [2.75, 3.05) is 18.5 Å². The van der Waals surface area contributed by atoms with Crippen LogP contribution in [0.3, 0.4) is 0 Å². The summed E-state index contributed by atoms with van der Waals surface area (Å²) in [6.45, 7) is 2.12. The summed E-state index contributed by atoms with van der Waals surface area (Å²) < 4.78 is 0. The standard InChI is InChI=1S/C11H16N2O/c1-3-9-6-4-5-7-10(9)13(2)11(14)8-12/h4-7H,3,8,12H2,1-2H3. The van der Waals surface area contributed by atoms with E-state index in [1.54, 1.807) is 11.9 Å². The third-order valence-electron chi connectivity index (χ3n) is 2.28. The van der Waals surface area contributed by atoms with Crippen LogP contribution in [0.25, 0.3) is 0 Å². The van der Waals surface area contributed by atoms with Crippen molar-refractivity contribution in [2.24, 2.45) is 5.73 Å². The van der Waals surface area contributed by atoms with Crippen LogP contribution in [-0.2, 0) is 11.2 Å². The number of nitrogens with two attached hydrogens (primary N) is 1. The van der Waals surface area contributed by atoms with Gasteiger partial charge in [-0.3, -0.25) is 4.79 Å². The molecule has 0 heterocycles. The van der Waals surface area contributed by atoms with Crippen molar-refractivity contribution in [1.29, 1.82) is 0 Å². The molecular formula is C11H16N2O. The Bertz CT molecular complexity index is 323. The van der Waals surface area contributed by atoms with Crippen molar-refractivity contribution in [1.82, 2.24) is 0 Å². The van der Waals surface area contributed by atoms with Crippen molar-refractivity contribution < 1.29 is 4.79 Å². The molecule has 0 fully saturated rings. The summed E-state index contributed by atoms with van der Waals surface area (Å²) in [4.78, 5) is 13.0. The SMILES string of the molecule is CCc1ccccc1N(C)C(=O)CN. The molecule has 1 amide bonds. The van der Waals surface area contributed by atoms with Gasteiger partial charge >= 0.3 is 0 Å². The first kappa shape index (κ1) is 10.7. The lowest BCUT2D eigenvalue weighted by molar-refractivity contribution is -0.117. The maximum Gasteiger partial charge on any atom is 0.240 e. The normalized spacial score (nSPS) is 9.93. The molecule has 0 atom stereocenters. The van der Waals surface area contributed by atoms with Crippen molar-refractivity contribution >= 4 is 11.6 Å². The van der Waals surface area contributed by atoms with E-state index in [4.69, 9.17) is 5.73 Å². The highest BCUT2D eigenvalue weighted by Gasteiger charge is 2.10. The van der Waals surface area contributed by atoms with E-state index in [2.05, 4.69) is 6.92 Å². The fourth-order valence-corrected chi connectivity index (χ4v) is 1.41. The van der Waals surface area contributed by atoms with Gasteiger partial charge in [-0.1, -0.05) is 25.1 Å². The van der Waals surface area contributed by atoms with Gasteiger partial charge in [-0.25, -0.2) is 0 Å². The topological polar surface area (TPSA) is 46.3 Å². The van der Waals surface area contributed by atoms with Gasteiger partial charge in [0.05, 0.1) is 6.54 Å². The molecule has 0 spiro atoms. The molecule has 0 unspecified atom stereocenters. The number of likely N-dealkylation sites (N-methyl/N-ethyl adjacent to an activating group) is 1. The number of carbonyl (C=O) groups excluding carboxylic acids is 1. The lowest BCUT2D eigenvalue weighted by Crippen LogP contribution is -2.33. The largest absolute Gasteiger partial charge is 0.322 e. The molecule has 0 bridgehead atoms. The highest BCUT2D eigenvalue weighted by atomic mass is 16.2. The summed E-state index contributed by atoms with van der Waals surface area (Å²) in [6.07, 6.45) is 0.915. The van der Waals surface area contributed by atoms with Crippen molar-refractivity contribution in [3.8, 4) is 0 Å². The van der Waals surface area contributed by atoms with Gasteiger partial charge in [0.25, 0.3) is 0 Å². The lowest BCUT2D eigenvalue weighted by atomic mass is 10.1. The molecule has 0 saturated heterocycles. The summed E-state index contributed by atoms with van der Waals surface area (Å²) >= 11 is 0. The molecule has 0 radical (unpaired) electrons. The molecule has 2 N–H and O–H groups in total. The Labute approximate surface area is 84.5 Å². The van der Waals surface area contributed by atoms with Gasteiger partial charge < -0.3 is 10.6 Å². The molecular weight excluding hydrogens is 176 g/mol. The molecule has 0 saturated carbocycles. The van der Waals surface area contributed by atoms with Crippen LogP contribution in [0, 0.1) is 0 Å². The summed E-state index contributed by atoms with van der Waals surface area (Å²) in [5.41, 5.74) is 7.42. The van der Waals surface area contributed by atoms with Gasteiger partial charge in [0, 0.05) is 12.7 Å². The fraction of sp³-hybridized carbons (Fsp3) is 0.364. The molecule has 3 heteroatoms. The molecule has 3 nitrogen and oxygen atoms in total. The predicted molar refractivity (Wildman–Crippen MR) is 58.3 cm³/mol. The van der Waals surface area contributed by atoms with Gasteiger partial charge in [-0.05, 0) is 18.1 Å². The summed E-state index contributed by atoms with van der Waals surface area (Å²) in [5.74, 6) is -0.0640. The Hall–Kier alpha value is -1.35.